The van der Waals surface area contributed by atoms with Gasteiger partial charge in [0.15, 0.2) is 5.65 Å². The Balaban J connectivity index is 0.00000253. The van der Waals surface area contributed by atoms with E-state index in [4.69, 9.17) is 9.72 Å². The Morgan fingerprint density at radius 2 is 1.89 bits per heavy atom. The molecule has 1 atom stereocenters. The zero-order chi connectivity index (χ0) is 23.2. The topological polar surface area (TPSA) is 81.9 Å². The lowest BCUT2D eigenvalue weighted by atomic mass is 9.86. The van der Waals surface area contributed by atoms with E-state index >= 15 is 0 Å². The number of rotatable bonds is 5. The molecule has 0 aromatic carbocycles. The second kappa shape index (κ2) is 9.50. The monoisotopic (exact) mass is 493 g/mol. The molecule has 0 amide bonds. The summed E-state index contributed by atoms with van der Waals surface area (Å²) in [4.78, 5) is 24.9. The minimum Gasteiger partial charge on any atom is -0.473 e. The molecule has 3 aliphatic rings. The van der Waals surface area contributed by atoms with Gasteiger partial charge in [-0.3, -0.25) is 9.88 Å². The minimum atomic E-state index is -0.411. The van der Waals surface area contributed by atoms with Crippen LogP contribution in [0, 0.1) is 25.6 Å². The predicted octanol–water partition coefficient (Wildman–Crippen LogP) is 3.67. The van der Waals surface area contributed by atoms with E-state index in [1.54, 1.807) is 6.20 Å². The van der Waals surface area contributed by atoms with Gasteiger partial charge >= 0.3 is 0 Å². The van der Waals surface area contributed by atoms with Crippen LogP contribution in [0.1, 0.15) is 29.9 Å². The molecule has 35 heavy (non-hydrogen) atoms. The van der Waals surface area contributed by atoms with Gasteiger partial charge in [-0.2, -0.15) is 13.5 Å². The standard InChI is InChI=1S/C25H26FN7O.H2S/c1-15-23-25(30-16(2)29-15)33(24(31-23)19-9-20(26)12-27-11-19)13-17-3-4-22(28-10-17)34-21-14-32-7-5-18(21)6-8-32;/h3-4,9-12,18,21H,5-8,13-14H2,1-2H3;1H2/t21-;/m1./s1. The van der Waals surface area contributed by atoms with Crippen LogP contribution in [0.15, 0.2) is 36.8 Å². The first kappa shape index (κ1) is 23.6. The summed E-state index contributed by atoms with van der Waals surface area (Å²) in [7, 11) is 0. The number of ether oxygens (including phenoxy) is 1. The Morgan fingerprint density at radius 1 is 1.06 bits per heavy atom. The van der Waals surface area contributed by atoms with Crippen LogP contribution in [-0.2, 0) is 6.54 Å². The Hall–Kier alpha value is -3.11. The zero-order valence-electron chi connectivity index (χ0n) is 19.8. The summed E-state index contributed by atoms with van der Waals surface area (Å²) in [5, 5.41) is 0. The fourth-order valence-corrected chi connectivity index (χ4v) is 5.13. The van der Waals surface area contributed by atoms with Gasteiger partial charge in [0.1, 0.15) is 29.1 Å². The highest BCUT2D eigenvalue weighted by atomic mass is 32.1. The molecule has 2 bridgehead atoms. The van der Waals surface area contributed by atoms with Crippen molar-refractivity contribution in [1.82, 2.24) is 34.4 Å². The smallest absolute Gasteiger partial charge is 0.213 e. The molecule has 8 nitrogen and oxygen atoms in total. The molecule has 0 radical (unpaired) electrons. The molecule has 0 N–H and O–H groups in total. The van der Waals surface area contributed by atoms with Crippen molar-refractivity contribution < 1.29 is 9.13 Å². The highest BCUT2D eigenvalue weighted by Gasteiger charge is 2.35. The summed E-state index contributed by atoms with van der Waals surface area (Å²) in [6.07, 6.45) is 7.25. The lowest BCUT2D eigenvalue weighted by Crippen LogP contribution is -2.52. The molecule has 3 fully saturated rings. The summed E-state index contributed by atoms with van der Waals surface area (Å²) in [6, 6.07) is 5.38. The van der Waals surface area contributed by atoms with Gasteiger partial charge in [0.2, 0.25) is 5.88 Å². The third-order valence-electron chi connectivity index (χ3n) is 6.85. The first-order valence-electron chi connectivity index (χ1n) is 11.7. The number of aromatic nitrogens is 6. The van der Waals surface area contributed by atoms with Gasteiger partial charge in [0.25, 0.3) is 0 Å². The normalized spacial score (nSPS) is 21.2. The average molecular weight is 494 g/mol. The number of piperidine rings is 3. The average Bonchev–Trinajstić information content (AvgIpc) is 3.20. The van der Waals surface area contributed by atoms with Gasteiger partial charge in [-0.1, -0.05) is 6.07 Å². The molecule has 7 heterocycles. The van der Waals surface area contributed by atoms with Crippen LogP contribution in [0.25, 0.3) is 22.6 Å². The van der Waals surface area contributed by atoms with E-state index in [9.17, 15) is 4.39 Å². The number of halogens is 1. The second-order valence-corrected chi connectivity index (χ2v) is 9.24. The van der Waals surface area contributed by atoms with Gasteiger partial charge in [-0.05, 0) is 57.3 Å². The van der Waals surface area contributed by atoms with Gasteiger partial charge in [-0.15, -0.1) is 0 Å². The van der Waals surface area contributed by atoms with Gasteiger partial charge in [-0.25, -0.2) is 24.3 Å². The third-order valence-corrected chi connectivity index (χ3v) is 6.85. The van der Waals surface area contributed by atoms with Crippen molar-refractivity contribution in [2.24, 2.45) is 5.92 Å². The van der Waals surface area contributed by atoms with E-state index in [2.05, 4.69) is 24.8 Å². The van der Waals surface area contributed by atoms with Crippen LogP contribution in [0.4, 0.5) is 4.39 Å². The molecule has 0 spiro atoms. The first-order valence-corrected chi connectivity index (χ1v) is 11.7. The zero-order valence-corrected chi connectivity index (χ0v) is 20.8. The molecular formula is C25H28FN7OS. The van der Waals surface area contributed by atoms with Crippen LogP contribution in [0.5, 0.6) is 5.88 Å². The number of hydrogen-bond acceptors (Lipinski definition) is 7. The van der Waals surface area contributed by atoms with Crippen LogP contribution in [0.2, 0.25) is 0 Å². The molecule has 3 aliphatic heterocycles. The van der Waals surface area contributed by atoms with E-state index in [1.807, 2.05) is 36.7 Å². The van der Waals surface area contributed by atoms with Crippen molar-refractivity contribution in [2.45, 2.75) is 39.3 Å². The molecule has 0 aliphatic carbocycles. The van der Waals surface area contributed by atoms with Crippen LogP contribution in [0.3, 0.4) is 0 Å². The lowest BCUT2D eigenvalue weighted by molar-refractivity contribution is -0.00994. The molecule has 7 rings (SSSR count). The Morgan fingerprint density at radius 3 is 2.57 bits per heavy atom. The first-order chi connectivity index (χ1) is 16.5. The molecule has 0 unspecified atom stereocenters. The number of pyridine rings is 2. The quantitative estimate of drug-likeness (QED) is 0.420. The molecule has 3 saturated heterocycles. The second-order valence-electron chi connectivity index (χ2n) is 9.24. The van der Waals surface area contributed by atoms with E-state index in [0.717, 1.165) is 17.8 Å². The molecule has 182 valence electrons. The SMILES string of the molecule is Cc1nc(C)c2nc(-c3cncc(F)c3)n(Cc3ccc(O[C@@H]4CN5CCC4CC5)nc3)c2n1.S. The van der Waals surface area contributed by atoms with E-state index in [-0.39, 0.29) is 19.6 Å². The fourth-order valence-electron chi connectivity index (χ4n) is 5.13. The Kier molecular flexibility index (Phi) is 6.41. The van der Waals surface area contributed by atoms with Crippen molar-refractivity contribution in [2.75, 3.05) is 19.6 Å². The van der Waals surface area contributed by atoms with Gasteiger partial charge in [0.05, 0.1) is 18.4 Å². The van der Waals surface area contributed by atoms with Crippen LogP contribution < -0.4 is 4.74 Å². The highest BCUT2D eigenvalue weighted by Crippen LogP contribution is 2.31. The van der Waals surface area contributed by atoms with E-state index in [0.29, 0.717) is 46.7 Å². The van der Waals surface area contributed by atoms with Crippen LogP contribution >= 0.6 is 13.5 Å². The fraction of sp³-hybridized carbons (Fsp3) is 0.400. The largest absolute Gasteiger partial charge is 0.473 e. The predicted molar refractivity (Wildman–Crippen MR) is 135 cm³/mol. The van der Waals surface area contributed by atoms with E-state index < -0.39 is 5.82 Å². The minimum absolute atomic E-state index is 0. The summed E-state index contributed by atoms with van der Waals surface area (Å²) in [5.74, 6) is 2.12. The lowest BCUT2D eigenvalue weighted by Gasteiger charge is -2.44. The van der Waals surface area contributed by atoms with Gasteiger partial charge in [0, 0.05) is 30.6 Å². The number of imidazole rings is 1. The Labute approximate surface area is 210 Å². The summed E-state index contributed by atoms with van der Waals surface area (Å²) < 4.78 is 22.2. The third kappa shape index (κ3) is 4.60. The summed E-state index contributed by atoms with van der Waals surface area (Å²) in [6.45, 7) is 7.59. The van der Waals surface area contributed by atoms with Crippen LogP contribution in [-0.4, -0.2) is 60.1 Å². The maximum Gasteiger partial charge on any atom is 0.213 e. The van der Waals surface area contributed by atoms with Crippen molar-refractivity contribution in [1.29, 1.82) is 0 Å². The highest BCUT2D eigenvalue weighted by molar-refractivity contribution is 7.59. The molecule has 0 saturated carbocycles. The van der Waals surface area contributed by atoms with E-state index in [1.165, 1.54) is 38.2 Å². The number of aryl methyl sites for hydroxylation is 2. The maximum absolute atomic E-state index is 13.9. The maximum atomic E-state index is 13.9. The molecule has 4 aromatic rings. The van der Waals surface area contributed by atoms with Gasteiger partial charge < -0.3 is 9.30 Å². The number of hydrogen-bond donors (Lipinski definition) is 0. The molecule has 4 aromatic heterocycles. The molecule has 10 heteroatoms. The van der Waals surface area contributed by atoms with Crippen molar-refractivity contribution in [3.63, 3.8) is 0 Å². The summed E-state index contributed by atoms with van der Waals surface area (Å²) >= 11 is 0. The Bertz CT molecular complexity index is 1350. The number of nitrogens with zero attached hydrogens (tertiary/aromatic N) is 7. The van der Waals surface area contributed by atoms with Crippen molar-refractivity contribution in [3.8, 4) is 17.3 Å². The molecular weight excluding hydrogens is 465 g/mol. The summed E-state index contributed by atoms with van der Waals surface area (Å²) in [5.41, 5.74) is 3.74. The van der Waals surface area contributed by atoms with Crippen molar-refractivity contribution in [3.05, 3.63) is 59.7 Å². The number of fused-ring (bicyclic) bond motifs is 4. The van der Waals surface area contributed by atoms with Crippen molar-refractivity contribution >= 4 is 24.7 Å².